The molecule has 3 rings (SSSR count). The number of nitro groups is 1. The summed E-state index contributed by atoms with van der Waals surface area (Å²) in [5.41, 5.74) is 0.291. The smallest absolute Gasteiger partial charge is 0.271 e. The minimum atomic E-state index is -0.508. The molecule has 0 spiro atoms. The van der Waals surface area contributed by atoms with Crippen LogP contribution in [-0.2, 0) is 4.79 Å². The Bertz CT molecular complexity index is 952. The normalized spacial score (nSPS) is 10.9. The van der Waals surface area contributed by atoms with Gasteiger partial charge in [-0.1, -0.05) is 17.8 Å². The van der Waals surface area contributed by atoms with Gasteiger partial charge in [-0.25, -0.2) is 0 Å². The van der Waals surface area contributed by atoms with E-state index in [0.29, 0.717) is 22.4 Å². The van der Waals surface area contributed by atoms with Crippen LogP contribution < -0.4 is 5.32 Å². The number of amides is 1. The molecule has 0 atom stereocenters. The summed E-state index contributed by atoms with van der Waals surface area (Å²) in [7, 11) is 0. The van der Waals surface area contributed by atoms with Crippen molar-refractivity contribution in [3.63, 3.8) is 0 Å². The van der Waals surface area contributed by atoms with E-state index in [1.807, 2.05) is 18.4 Å². The summed E-state index contributed by atoms with van der Waals surface area (Å²) < 4.78 is 7.28. The Hall–Kier alpha value is -3.14. The number of anilines is 1. The number of aromatic nitrogens is 3. The minimum Gasteiger partial charge on any atom is -0.461 e. The molecule has 140 valence electrons. The summed E-state index contributed by atoms with van der Waals surface area (Å²) in [6, 6.07) is 9.44. The van der Waals surface area contributed by atoms with E-state index in [1.54, 1.807) is 24.5 Å². The zero-order valence-corrected chi connectivity index (χ0v) is 15.5. The molecule has 27 heavy (non-hydrogen) atoms. The lowest BCUT2D eigenvalue weighted by molar-refractivity contribution is -0.384. The highest BCUT2D eigenvalue weighted by molar-refractivity contribution is 7.99. The van der Waals surface area contributed by atoms with E-state index < -0.39 is 4.92 Å². The van der Waals surface area contributed by atoms with Gasteiger partial charge in [-0.3, -0.25) is 19.5 Å². The standard InChI is InChI=1S/C17H17N5O4S/c1-11(2)21-16(14-7-4-8-26-14)19-20-17(21)27-10-15(23)18-12-5-3-6-13(9-12)22(24)25/h3-9,11H,10H2,1-2H3,(H,18,23). The SMILES string of the molecule is CC(C)n1c(SCC(=O)Nc2cccc([N+](=O)[O-])c2)nnc1-c1ccco1. The van der Waals surface area contributed by atoms with Gasteiger partial charge in [-0.2, -0.15) is 0 Å². The monoisotopic (exact) mass is 387 g/mol. The lowest BCUT2D eigenvalue weighted by atomic mass is 10.3. The molecule has 0 radical (unpaired) electrons. The summed E-state index contributed by atoms with van der Waals surface area (Å²) >= 11 is 1.23. The van der Waals surface area contributed by atoms with Crippen molar-refractivity contribution in [2.24, 2.45) is 0 Å². The number of carbonyl (C=O) groups excluding carboxylic acids is 1. The third-order valence-electron chi connectivity index (χ3n) is 3.60. The number of rotatable bonds is 7. The maximum atomic E-state index is 12.2. The van der Waals surface area contributed by atoms with Gasteiger partial charge in [0.1, 0.15) is 0 Å². The number of nitro benzene ring substituents is 1. The average molecular weight is 387 g/mol. The second-order valence-corrected chi connectivity index (χ2v) is 6.83. The van der Waals surface area contributed by atoms with Crippen LogP contribution in [0.2, 0.25) is 0 Å². The summed E-state index contributed by atoms with van der Waals surface area (Å²) in [6.07, 6.45) is 1.56. The predicted molar refractivity (Wildman–Crippen MR) is 101 cm³/mol. The Morgan fingerprint density at radius 2 is 2.15 bits per heavy atom. The molecule has 2 aromatic heterocycles. The fourth-order valence-corrected chi connectivity index (χ4v) is 3.31. The van der Waals surface area contributed by atoms with E-state index >= 15 is 0 Å². The second kappa shape index (κ2) is 8.04. The van der Waals surface area contributed by atoms with Crippen LogP contribution in [0.4, 0.5) is 11.4 Å². The molecule has 1 N–H and O–H groups in total. The van der Waals surface area contributed by atoms with Crippen LogP contribution in [0.3, 0.4) is 0 Å². The Balaban J connectivity index is 1.69. The number of nitrogens with zero attached hydrogens (tertiary/aromatic N) is 4. The van der Waals surface area contributed by atoms with Gasteiger partial charge in [0, 0.05) is 23.9 Å². The molecule has 3 aromatic rings. The molecule has 9 nitrogen and oxygen atoms in total. The van der Waals surface area contributed by atoms with E-state index in [0.717, 1.165) is 0 Å². The zero-order valence-electron chi connectivity index (χ0n) is 14.7. The molecule has 0 saturated carbocycles. The number of hydrogen-bond acceptors (Lipinski definition) is 7. The maximum absolute atomic E-state index is 12.2. The van der Waals surface area contributed by atoms with Gasteiger partial charge >= 0.3 is 0 Å². The number of benzene rings is 1. The molecule has 0 saturated heterocycles. The molecule has 0 bridgehead atoms. The van der Waals surface area contributed by atoms with Crippen LogP contribution in [-0.4, -0.2) is 31.3 Å². The van der Waals surface area contributed by atoms with Gasteiger partial charge < -0.3 is 9.73 Å². The fourth-order valence-electron chi connectivity index (χ4n) is 2.44. The highest BCUT2D eigenvalue weighted by Gasteiger charge is 2.19. The van der Waals surface area contributed by atoms with Gasteiger partial charge in [0.25, 0.3) is 5.69 Å². The van der Waals surface area contributed by atoms with Crippen molar-refractivity contribution < 1.29 is 14.1 Å². The van der Waals surface area contributed by atoms with Crippen molar-refractivity contribution >= 4 is 29.0 Å². The Kier molecular flexibility index (Phi) is 5.55. The molecule has 1 aromatic carbocycles. The van der Waals surface area contributed by atoms with Crippen LogP contribution in [0.25, 0.3) is 11.6 Å². The summed E-state index contributed by atoms with van der Waals surface area (Å²) in [4.78, 5) is 22.5. The maximum Gasteiger partial charge on any atom is 0.271 e. The minimum absolute atomic E-state index is 0.0717. The Morgan fingerprint density at radius 1 is 1.33 bits per heavy atom. The van der Waals surface area contributed by atoms with Gasteiger partial charge in [0.15, 0.2) is 10.9 Å². The highest BCUT2D eigenvalue weighted by atomic mass is 32.2. The van der Waals surface area contributed by atoms with Crippen LogP contribution in [0.15, 0.2) is 52.2 Å². The van der Waals surface area contributed by atoms with Crippen LogP contribution in [0, 0.1) is 10.1 Å². The fraction of sp³-hybridized carbons (Fsp3) is 0.235. The first kappa shape index (κ1) is 18.6. The molecular formula is C17H17N5O4S. The van der Waals surface area contributed by atoms with Gasteiger partial charge in [0.2, 0.25) is 11.7 Å². The molecule has 0 aliphatic rings. The molecule has 0 aliphatic heterocycles. The first-order valence-corrected chi connectivity index (χ1v) is 9.10. The van der Waals surface area contributed by atoms with E-state index in [2.05, 4.69) is 15.5 Å². The van der Waals surface area contributed by atoms with Crippen LogP contribution in [0.5, 0.6) is 0 Å². The number of thioether (sulfide) groups is 1. The lowest BCUT2D eigenvalue weighted by Gasteiger charge is -2.12. The third-order valence-corrected chi connectivity index (χ3v) is 4.54. The highest BCUT2D eigenvalue weighted by Crippen LogP contribution is 2.28. The lowest BCUT2D eigenvalue weighted by Crippen LogP contribution is -2.15. The quantitative estimate of drug-likeness (QED) is 0.373. The van der Waals surface area contributed by atoms with Crippen molar-refractivity contribution in [2.45, 2.75) is 25.0 Å². The van der Waals surface area contributed by atoms with Gasteiger partial charge in [-0.05, 0) is 32.0 Å². The molecule has 0 unspecified atom stereocenters. The summed E-state index contributed by atoms with van der Waals surface area (Å²) in [5, 5.41) is 22.4. The first-order chi connectivity index (χ1) is 13.0. The number of non-ortho nitro benzene ring substituents is 1. The molecular weight excluding hydrogens is 370 g/mol. The number of nitrogens with one attached hydrogen (secondary N) is 1. The number of carbonyl (C=O) groups is 1. The van der Waals surface area contributed by atoms with Gasteiger partial charge in [0.05, 0.1) is 16.9 Å². The van der Waals surface area contributed by atoms with Crippen molar-refractivity contribution in [1.29, 1.82) is 0 Å². The molecule has 10 heteroatoms. The summed E-state index contributed by atoms with van der Waals surface area (Å²) in [5.74, 6) is 0.991. The van der Waals surface area contributed by atoms with Crippen molar-refractivity contribution in [3.05, 3.63) is 52.8 Å². The largest absolute Gasteiger partial charge is 0.461 e. The van der Waals surface area contributed by atoms with Crippen molar-refractivity contribution in [1.82, 2.24) is 14.8 Å². The van der Waals surface area contributed by atoms with Gasteiger partial charge in [-0.15, -0.1) is 10.2 Å². The number of furan rings is 1. The van der Waals surface area contributed by atoms with E-state index in [1.165, 1.54) is 30.0 Å². The summed E-state index contributed by atoms with van der Waals surface area (Å²) in [6.45, 7) is 3.98. The first-order valence-electron chi connectivity index (χ1n) is 8.11. The third kappa shape index (κ3) is 4.34. The Morgan fingerprint density at radius 3 is 2.81 bits per heavy atom. The average Bonchev–Trinajstić information content (AvgIpc) is 3.29. The molecule has 0 aliphatic carbocycles. The molecule has 1 amide bonds. The molecule has 0 fully saturated rings. The second-order valence-electron chi connectivity index (χ2n) is 5.89. The topological polar surface area (TPSA) is 116 Å². The van der Waals surface area contributed by atoms with Crippen molar-refractivity contribution in [2.75, 3.05) is 11.1 Å². The Labute approximate surface area is 158 Å². The van der Waals surface area contributed by atoms with Crippen LogP contribution >= 0.6 is 11.8 Å². The zero-order chi connectivity index (χ0) is 19.4. The molecule has 2 heterocycles. The van der Waals surface area contributed by atoms with E-state index in [9.17, 15) is 14.9 Å². The number of hydrogen-bond donors (Lipinski definition) is 1. The van der Waals surface area contributed by atoms with E-state index in [-0.39, 0.29) is 23.4 Å². The van der Waals surface area contributed by atoms with Crippen molar-refractivity contribution in [3.8, 4) is 11.6 Å². The van der Waals surface area contributed by atoms with E-state index in [4.69, 9.17) is 4.42 Å². The van der Waals surface area contributed by atoms with Crippen LogP contribution in [0.1, 0.15) is 19.9 Å². The predicted octanol–water partition coefficient (Wildman–Crippen LogP) is 3.76.